The summed E-state index contributed by atoms with van der Waals surface area (Å²) in [5.41, 5.74) is 10.8. The zero-order valence-corrected chi connectivity index (χ0v) is 21.1. The first-order valence-electron chi connectivity index (χ1n) is 12.9. The second-order valence-corrected chi connectivity index (χ2v) is 11.0. The van der Waals surface area contributed by atoms with E-state index in [0.717, 1.165) is 35.6 Å². The van der Waals surface area contributed by atoms with Gasteiger partial charge >= 0.3 is 0 Å². The quantitative estimate of drug-likeness (QED) is 0.388. The summed E-state index contributed by atoms with van der Waals surface area (Å²) in [6.07, 6.45) is 9.95. The van der Waals surface area contributed by atoms with Crippen molar-refractivity contribution in [3.05, 3.63) is 83.0 Å². The van der Waals surface area contributed by atoms with E-state index in [1.165, 1.54) is 24.7 Å². The Balaban J connectivity index is 1.09. The van der Waals surface area contributed by atoms with E-state index in [2.05, 4.69) is 49.1 Å². The van der Waals surface area contributed by atoms with Crippen LogP contribution in [0.25, 0.3) is 5.65 Å². The molecule has 4 atom stereocenters. The molecule has 1 saturated heterocycles. The molecule has 2 saturated carbocycles. The van der Waals surface area contributed by atoms with Gasteiger partial charge in [0.15, 0.2) is 0 Å². The number of pyridine rings is 1. The second kappa shape index (κ2) is 8.82. The number of benzene rings is 1. The zero-order chi connectivity index (χ0) is 25.1. The Morgan fingerprint density at radius 1 is 1.05 bits per heavy atom. The maximum Gasteiger partial charge on any atom is 0.229 e. The van der Waals surface area contributed by atoms with Gasteiger partial charge in [-0.3, -0.25) is 4.79 Å². The van der Waals surface area contributed by atoms with E-state index in [0.29, 0.717) is 23.3 Å². The number of anilines is 2. The van der Waals surface area contributed by atoms with Crippen LogP contribution in [0.2, 0.25) is 5.02 Å². The number of nitrogens with two attached hydrogens (primary N) is 1. The van der Waals surface area contributed by atoms with Gasteiger partial charge in [0.25, 0.3) is 0 Å². The summed E-state index contributed by atoms with van der Waals surface area (Å²) in [4.78, 5) is 28.9. The highest BCUT2D eigenvalue weighted by Gasteiger charge is 2.44. The van der Waals surface area contributed by atoms with Crippen molar-refractivity contribution in [3.63, 3.8) is 0 Å². The lowest BCUT2D eigenvalue weighted by Gasteiger charge is -2.24. The molecule has 1 aliphatic heterocycles. The van der Waals surface area contributed by atoms with Gasteiger partial charge < -0.3 is 20.4 Å². The maximum absolute atomic E-state index is 12.9. The molecule has 7 rings (SSSR count). The number of hydrogen-bond acceptors (Lipinski definition) is 6. The van der Waals surface area contributed by atoms with Crippen LogP contribution in [-0.2, 0) is 4.79 Å². The zero-order valence-electron chi connectivity index (χ0n) is 20.3. The molecule has 37 heavy (non-hydrogen) atoms. The molecule has 3 aliphatic rings. The molecule has 0 spiro atoms. The number of carbonyl (C=O) groups excluding carboxylic acids is 1. The minimum Gasteiger partial charge on any atom is -0.346 e. The van der Waals surface area contributed by atoms with Gasteiger partial charge in [-0.15, -0.1) is 0 Å². The van der Waals surface area contributed by atoms with Crippen LogP contribution in [0, 0.1) is 5.92 Å². The number of imidazole rings is 1. The average molecular weight is 514 g/mol. The van der Waals surface area contributed by atoms with Crippen LogP contribution in [-0.4, -0.2) is 37.8 Å². The van der Waals surface area contributed by atoms with Crippen molar-refractivity contribution in [1.29, 1.82) is 0 Å². The molecule has 3 N–H and O–H groups in total. The summed E-state index contributed by atoms with van der Waals surface area (Å²) < 4.78 is 2.13. The van der Waals surface area contributed by atoms with Crippen molar-refractivity contribution in [2.45, 2.75) is 49.6 Å². The van der Waals surface area contributed by atoms with Gasteiger partial charge in [0.05, 0.1) is 11.7 Å². The third kappa shape index (κ3) is 4.45. The molecular formula is C28H28ClN7O. The SMILES string of the molecule is N[C@H]1C[C@H](c2cn3cc(C4CC4)ccc3n2)N(c2cc(NC(=O)[C@H]3C[C@@H]3c3cccc(Cl)c3)ncn2)C1. The lowest BCUT2D eigenvalue weighted by Crippen LogP contribution is -2.28. The first-order chi connectivity index (χ1) is 18.0. The number of nitrogens with one attached hydrogen (secondary N) is 1. The molecule has 8 nitrogen and oxygen atoms in total. The van der Waals surface area contributed by atoms with E-state index in [1.54, 1.807) is 0 Å². The van der Waals surface area contributed by atoms with Crippen LogP contribution in [0.15, 0.2) is 61.2 Å². The van der Waals surface area contributed by atoms with E-state index >= 15 is 0 Å². The first kappa shape index (κ1) is 22.7. The minimum absolute atomic E-state index is 0.00775. The molecule has 0 bridgehead atoms. The van der Waals surface area contributed by atoms with E-state index < -0.39 is 0 Å². The molecule has 0 unspecified atom stereocenters. The van der Waals surface area contributed by atoms with Crippen LogP contribution < -0.4 is 16.0 Å². The number of halogens is 1. The second-order valence-electron chi connectivity index (χ2n) is 10.6. The van der Waals surface area contributed by atoms with E-state index in [1.807, 2.05) is 30.3 Å². The molecule has 4 aromatic rings. The Hall–Kier alpha value is -3.49. The smallest absolute Gasteiger partial charge is 0.229 e. The predicted octanol–water partition coefficient (Wildman–Crippen LogP) is 4.68. The van der Waals surface area contributed by atoms with Crippen molar-refractivity contribution in [1.82, 2.24) is 19.4 Å². The highest BCUT2D eigenvalue weighted by molar-refractivity contribution is 6.30. The highest BCUT2D eigenvalue weighted by atomic mass is 35.5. The third-order valence-electron chi connectivity index (χ3n) is 7.82. The fourth-order valence-corrected chi connectivity index (χ4v) is 5.83. The fourth-order valence-electron chi connectivity index (χ4n) is 5.63. The van der Waals surface area contributed by atoms with Crippen LogP contribution in [0.1, 0.15) is 60.4 Å². The Bertz CT molecular complexity index is 1500. The molecule has 1 aromatic carbocycles. The van der Waals surface area contributed by atoms with Gasteiger partial charge in [-0.1, -0.05) is 29.8 Å². The molecule has 4 heterocycles. The van der Waals surface area contributed by atoms with Gasteiger partial charge in [0.2, 0.25) is 5.91 Å². The third-order valence-corrected chi connectivity index (χ3v) is 8.05. The average Bonchev–Trinajstić information content (AvgIpc) is 3.81. The van der Waals surface area contributed by atoms with Gasteiger partial charge in [0, 0.05) is 42.0 Å². The summed E-state index contributed by atoms with van der Waals surface area (Å²) in [5, 5.41) is 3.68. The van der Waals surface area contributed by atoms with Crippen LogP contribution in [0.5, 0.6) is 0 Å². The van der Waals surface area contributed by atoms with E-state index in [9.17, 15) is 4.79 Å². The Morgan fingerprint density at radius 3 is 2.78 bits per heavy atom. The Morgan fingerprint density at radius 2 is 1.95 bits per heavy atom. The topological polar surface area (TPSA) is 101 Å². The summed E-state index contributed by atoms with van der Waals surface area (Å²) in [6.45, 7) is 0.662. The van der Waals surface area contributed by atoms with Crippen molar-refractivity contribution in [3.8, 4) is 0 Å². The number of hydrogen-bond donors (Lipinski definition) is 2. The van der Waals surface area contributed by atoms with Gasteiger partial charge in [-0.05, 0) is 66.8 Å². The molecule has 2 aliphatic carbocycles. The van der Waals surface area contributed by atoms with E-state index in [4.69, 9.17) is 22.3 Å². The van der Waals surface area contributed by atoms with Gasteiger partial charge in [-0.2, -0.15) is 0 Å². The number of aromatic nitrogens is 4. The lowest BCUT2D eigenvalue weighted by atomic mass is 10.1. The predicted molar refractivity (Wildman–Crippen MR) is 143 cm³/mol. The van der Waals surface area contributed by atoms with Crippen LogP contribution in [0.4, 0.5) is 11.6 Å². The van der Waals surface area contributed by atoms with Gasteiger partial charge in [-0.25, -0.2) is 15.0 Å². The maximum atomic E-state index is 12.9. The highest BCUT2D eigenvalue weighted by Crippen LogP contribution is 2.48. The molecular weight excluding hydrogens is 486 g/mol. The Kier molecular flexibility index (Phi) is 5.41. The van der Waals surface area contributed by atoms with Crippen LogP contribution >= 0.6 is 11.6 Å². The molecule has 3 aromatic heterocycles. The summed E-state index contributed by atoms with van der Waals surface area (Å²) in [7, 11) is 0. The van der Waals surface area contributed by atoms with Crippen molar-refractivity contribution in [2.75, 3.05) is 16.8 Å². The normalized spacial score (nSPS) is 25.0. The number of carbonyl (C=O) groups is 1. The number of nitrogens with zero attached hydrogens (tertiary/aromatic N) is 5. The molecule has 9 heteroatoms. The standard InChI is InChI=1S/C28H28ClN7O/c29-19-3-1-2-17(8-19)21-10-22(21)28(37)34-25-11-27(32-15-31-25)36-13-20(30)9-24(36)23-14-35-12-18(16-4-5-16)6-7-26(35)33-23/h1-3,6-8,11-12,14-16,20-22,24H,4-5,9-10,13,30H2,(H,31,32,34,37)/t20-,21+,22-,24+/m0/s1. The first-order valence-corrected chi connectivity index (χ1v) is 13.3. The fraction of sp³-hybridized carbons (Fsp3) is 0.357. The molecule has 0 radical (unpaired) electrons. The Labute approximate surface area is 219 Å². The molecule has 1 amide bonds. The van der Waals surface area contributed by atoms with Crippen molar-refractivity contribution < 1.29 is 4.79 Å². The number of fused-ring (bicyclic) bond motifs is 1. The van der Waals surface area contributed by atoms with Crippen LogP contribution in [0.3, 0.4) is 0 Å². The van der Waals surface area contributed by atoms with Crippen molar-refractivity contribution in [2.24, 2.45) is 11.7 Å². The molecule has 3 fully saturated rings. The lowest BCUT2D eigenvalue weighted by molar-refractivity contribution is -0.117. The summed E-state index contributed by atoms with van der Waals surface area (Å²) >= 11 is 6.13. The summed E-state index contributed by atoms with van der Waals surface area (Å²) in [6, 6.07) is 13.9. The van der Waals surface area contributed by atoms with Crippen molar-refractivity contribution >= 4 is 34.8 Å². The molecule has 188 valence electrons. The minimum atomic E-state index is -0.0802. The van der Waals surface area contributed by atoms with Gasteiger partial charge in [0.1, 0.15) is 23.6 Å². The largest absolute Gasteiger partial charge is 0.346 e. The summed E-state index contributed by atoms with van der Waals surface area (Å²) in [5.74, 6) is 2.00. The number of rotatable bonds is 6. The number of amides is 1. The van der Waals surface area contributed by atoms with E-state index in [-0.39, 0.29) is 29.8 Å². The monoisotopic (exact) mass is 513 g/mol.